The van der Waals surface area contributed by atoms with Gasteiger partial charge in [0.05, 0.1) is 31.6 Å². The van der Waals surface area contributed by atoms with Crippen LogP contribution in [0.1, 0.15) is 11.1 Å². The summed E-state index contributed by atoms with van der Waals surface area (Å²) < 4.78 is 32.5. The summed E-state index contributed by atoms with van der Waals surface area (Å²) in [6.07, 6.45) is 0. The van der Waals surface area contributed by atoms with Crippen LogP contribution >= 0.6 is 0 Å². The number of rotatable bonds is 6. The first-order chi connectivity index (χ1) is 15.7. The van der Waals surface area contributed by atoms with Crippen molar-refractivity contribution in [1.82, 2.24) is 9.21 Å². The first-order valence-corrected chi connectivity index (χ1v) is 11.5. The van der Waals surface area contributed by atoms with Crippen LogP contribution in [0.2, 0.25) is 0 Å². The van der Waals surface area contributed by atoms with E-state index >= 15 is 0 Å². The second-order valence-electron chi connectivity index (χ2n) is 7.63. The van der Waals surface area contributed by atoms with E-state index in [1.165, 1.54) is 19.2 Å². The van der Waals surface area contributed by atoms with Crippen molar-refractivity contribution in [2.45, 2.75) is 11.4 Å². The Morgan fingerprint density at radius 2 is 1.61 bits per heavy atom. The number of benzene rings is 3. The van der Waals surface area contributed by atoms with Crippen molar-refractivity contribution in [1.29, 1.82) is 5.41 Å². The number of hydrogen-bond donors (Lipinski definition) is 2. The highest BCUT2D eigenvalue weighted by Crippen LogP contribution is 2.26. The highest BCUT2D eigenvalue weighted by Gasteiger charge is 2.37. The molecular formula is C23H22N4O5S. The van der Waals surface area contributed by atoms with Crippen LogP contribution in [-0.2, 0) is 26.2 Å². The van der Waals surface area contributed by atoms with Crippen LogP contribution in [-0.4, -0.2) is 55.5 Å². The number of methoxy groups -OCH3 is 1. The summed E-state index contributed by atoms with van der Waals surface area (Å²) in [6.45, 7) is -0.856. The Morgan fingerprint density at radius 1 is 0.970 bits per heavy atom. The molecule has 0 atom stereocenters. The predicted molar refractivity (Wildman–Crippen MR) is 122 cm³/mol. The third-order valence-corrected chi connectivity index (χ3v) is 7.28. The minimum atomic E-state index is -4.06. The Morgan fingerprint density at radius 3 is 2.21 bits per heavy atom. The summed E-state index contributed by atoms with van der Waals surface area (Å²) in [6, 6.07) is 16.6. The molecular weight excluding hydrogens is 444 g/mol. The maximum Gasteiger partial charge on any atom is 0.244 e. The van der Waals surface area contributed by atoms with Crippen molar-refractivity contribution in [3.63, 3.8) is 0 Å². The molecule has 33 heavy (non-hydrogen) atoms. The van der Waals surface area contributed by atoms with E-state index < -0.39 is 34.9 Å². The van der Waals surface area contributed by atoms with Gasteiger partial charge in [-0.2, -0.15) is 4.31 Å². The third-order valence-electron chi connectivity index (χ3n) is 5.49. The molecule has 1 saturated heterocycles. The Bertz CT molecular complexity index is 1350. The summed E-state index contributed by atoms with van der Waals surface area (Å²) in [4.78, 5) is 26.4. The molecule has 1 aliphatic rings. The summed E-state index contributed by atoms with van der Waals surface area (Å²) in [5, 5.41) is 8.93. The third kappa shape index (κ3) is 4.43. The molecule has 170 valence electrons. The molecule has 1 aliphatic heterocycles. The molecule has 0 unspecified atom stereocenters. The average Bonchev–Trinajstić information content (AvgIpc) is 2.80. The number of piperazine rings is 1. The van der Waals surface area contributed by atoms with Gasteiger partial charge in [0.25, 0.3) is 0 Å². The molecule has 1 heterocycles. The van der Waals surface area contributed by atoms with Crippen molar-refractivity contribution in [3.05, 3.63) is 71.8 Å². The van der Waals surface area contributed by atoms with E-state index in [1.54, 1.807) is 42.5 Å². The molecule has 0 aromatic heterocycles. The van der Waals surface area contributed by atoms with Crippen molar-refractivity contribution >= 4 is 38.4 Å². The van der Waals surface area contributed by atoms with Gasteiger partial charge >= 0.3 is 0 Å². The lowest BCUT2D eigenvalue weighted by atomic mass is 10.1. The summed E-state index contributed by atoms with van der Waals surface area (Å²) in [7, 11) is -2.54. The molecule has 3 aromatic carbocycles. The SMILES string of the molecule is COc1ccc2ccc(S(=O)(=O)N3CC(=O)N(Cc4ccc(C(=N)N)cc4)C(=O)C3)cc2c1. The minimum Gasteiger partial charge on any atom is -0.497 e. The fourth-order valence-electron chi connectivity index (χ4n) is 3.63. The van der Waals surface area contributed by atoms with Crippen molar-refractivity contribution < 1.29 is 22.7 Å². The molecule has 2 amide bonds. The number of amidine groups is 1. The topological polar surface area (TPSA) is 134 Å². The lowest BCUT2D eigenvalue weighted by Crippen LogP contribution is -2.54. The number of nitrogen functional groups attached to an aromatic ring is 1. The van der Waals surface area contributed by atoms with E-state index in [-0.39, 0.29) is 17.3 Å². The Balaban J connectivity index is 1.54. The van der Waals surface area contributed by atoms with Gasteiger partial charge in [-0.05, 0) is 40.6 Å². The van der Waals surface area contributed by atoms with E-state index in [4.69, 9.17) is 15.9 Å². The number of imide groups is 1. The van der Waals surface area contributed by atoms with E-state index in [9.17, 15) is 18.0 Å². The minimum absolute atomic E-state index is 0.00266. The average molecular weight is 467 g/mol. The van der Waals surface area contributed by atoms with Gasteiger partial charge in [0.2, 0.25) is 21.8 Å². The number of fused-ring (bicyclic) bond motifs is 1. The lowest BCUT2D eigenvalue weighted by Gasteiger charge is -2.32. The number of amides is 2. The highest BCUT2D eigenvalue weighted by molar-refractivity contribution is 7.89. The summed E-state index contributed by atoms with van der Waals surface area (Å²) in [5.41, 5.74) is 6.63. The normalized spacial score (nSPS) is 15.1. The van der Waals surface area contributed by atoms with Crippen molar-refractivity contribution in [3.8, 4) is 5.75 Å². The second kappa shape index (κ2) is 8.64. The maximum atomic E-state index is 13.2. The number of hydrogen-bond acceptors (Lipinski definition) is 6. The van der Waals surface area contributed by atoms with Gasteiger partial charge in [-0.15, -0.1) is 0 Å². The smallest absolute Gasteiger partial charge is 0.244 e. The van der Waals surface area contributed by atoms with Gasteiger partial charge in [-0.25, -0.2) is 8.42 Å². The number of nitrogens with one attached hydrogen (secondary N) is 1. The Hall–Kier alpha value is -3.76. The zero-order valence-corrected chi connectivity index (χ0v) is 18.6. The van der Waals surface area contributed by atoms with Gasteiger partial charge in [-0.3, -0.25) is 19.9 Å². The van der Waals surface area contributed by atoms with Gasteiger partial charge < -0.3 is 10.5 Å². The molecule has 3 N–H and O–H groups in total. The monoisotopic (exact) mass is 466 g/mol. The second-order valence-corrected chi connectivity index (χ2v) is 9.57. The molecule has 4 rings (SSSR count). The fourth-order valence-corrected chi connectivity index (χ4v) is 5.00. The molecule has 0 spiro atoms. The molecule has 0 bridgehead atoms. The van der Waals surface area contributed by atoms with Crippen molar-refractivity contribution in [2.24, 2.45) is 5.73 Å². The maximum absolute atomic E-state index is 13.2. The van der Waals surface area contributed by atoms with E-state index in [0.717, 1.165) is 14.6 Å². The van der Waals surface area contributed by atoms with Crippen LogP contribution in [0.15, 0.2) is 65.6 Å². The Labute approximate surface area is 190 Å². The van der Waals surface area contributed by atoms with Crippen LogP contribution in [0.5, 0.6) is 5.75 Å². The zero-order chi connectivity index (χ0) is 23.8. The van der Waals surface area contributed by atoms with Crippen LogP contribution in [0.4, 0.5) is 0 Å². The predicted octanol–water partition coefficient (Wildman–Crippen LogP) is 1.69. The number of ether oxygens (including phenoxy) is 1. The van der Waals surface area contributed by atoms with Gasteiger partial charge in [-0.1, -0.05) is 36.4 Å². The number of carbonyl (C=O) groups is 2. The van der Waals surface area contributed by atoms with Crippen LogP contribution in [0.3, 0.4) is 0 Å². The fraction of sp³-hybridized carbons (Fsp3) is 0.174. The van der Waals surface area contributed by atoms with Gasteiger partial charge in [0.15, 0.2) is 0 Å². The summed E-state index contributed by atoms with van der Waals surface area (Å²) in [5.74, 6) is -0.701. The Kier molecular flexibility index (Phi) is 5.88. The summed E-state index contributed by atoms with van der Waals surface area (Å²) >= 11 is 0. The molecule has 1 fully saturated rings. The zero-order valence-electron chi connectivity index (χ0n) is 17.8. The molecule has 3 aromatic rings. The standard InChI is InChI=1S/C23H22N4O5S/c1-32-19-8-6-16-7-9-20(11-18(16)10-19)33(30,31)26-13-21(28)27(22(29)14-26)12-15-2-4-17(5-3-15)23(24)25/h2-11H,12-14H2,1H3,(H3,24,25). The number of nitrogens with two attached hydrogens (primary N) is 1. The molecule has 0 saturated carbocycles. The van der Waals surface area contributed by atoms with Crippen molar-refractivity contribution in [2.75, 3.05) is 20.2 Å². The van der Waals surface area contributed by atoms with Gasteiger partial charge in [0.1, 0.15) is 11.6 Å². The number of nitrogens with zero attached hydrogens (tertiary/aromatic N) is 2. The number of carbonyl (C=O) groups excluding carboxylic acids is 2. The van der Waals surface area contributed by atoms with E-state index in [0.29, 0.717) is 22.3 Å². The molecule has 0 radical (unpaired) electrons. The van der Waals surface area contributed by atoms with Gasteiger partial charge in [0, 0.05) is 5.56 Å². The van der Waals surface area contributed by atoms with E-state index in [1.807, 2.05) is 6.07 Å². The molecule has 9 nitrogen and oxygen atoms in total. The lowest BCUT2D eigenvalue weighted by molar-refractivity contribution is -0.149. The van der Waals surface area contributed by atoms with Crippen LogP contribution in [0, 0.1) is 5.41 Å². The van der Waals surface area contributed by atoms with Crippen LogP contribution < -0.4 is 10.5 Å². The molecule has 0 aliphatic carbocycles. The first-order valence-electron chi connectivity index (χ1n) is 10.0. The quantitative estimate of drug-likeness (QED) is 0.323. The van der Waals surface area contributed by atoms with Crippen LogP contribution in [0.25, 0.3) is 10.8 Å². The largest absolute Gasteiger partial charge is 0.497 e. The highest BCUT2D eigenvalue weighted by atomic mass is 32.2. The first kappa shape index (κ1) is 22.4. The molecule has 10 heteroatoms. The van der Waals surface area contributed by atoms with E-state index in [2.05, 4.69) is 0 Å². The number of sulfonamides is 1.